The van der Waals surface area contributed by atoms with Crippen LogP contribution in [-0.4, -0.2) is 37.1 Å². The van der Waals surface area contributed by atoms with Crippen molar-refractivity contribution in [1.29, 1.82) is 0 Å². The van der Waals surface area contributed by atoms with E-state index in [0.29, 0.717) is 42.3 Å². The standard InChI is InChI=1S/C23H22Cl2N2O2/c24-18-5-2-6-19(25)21(18)22-16-4-1-3-15(16)17-13-14(7-8-20(17)26-22)23(28)27-9-11-29-12-10-27/h1-3,5-8,13,15-16,22,26H,4,9-12H2. The molecule has 0 saturated carbocycles. The molecule has 1 saturated heterocycles. The number of nitrogens with zero attached hydrogens (tertiary/aromatic N) is 1. The highest BCUT2D eigenvalue weighted by molar-refractivity contribution is 6.36. The molecule has 5 rings (SSSR count). The van der Waals surface area contributed by atoms with Gasteiger partial charge in [0.2, 0.25) is 0 Å². The van der Waals surface area contributed by atoms with Crippen LogP contribution in [0.4, 0.5) is 5.69 Å². The highest BCUT2D eigenvalue weighted by Gasteiger charge is 2.39. The number of fused-ring (bicyclic) bond motifs is 3. The van der Waals surface area contributed by atoms with Crippen LogP contribution in [0, 0.1) is 5.92 Å². The third-order valence-electron chi connectivity index (χ3n) is 6.22. The van der Waals surface area contributed by atoms with Crippen molar-refractivity contribution in [1.82, 2.24) is 4.90 Å². The van der Waals surface area contributed by atoms with E-state index in [9.17, 15) is 4.79 Å². The van der Waals surface area contributed by atoms with Crippen molar-refractivity contribution < 1.29 is 9.53 Å². The zero-order valence-electron chi connectivity index (χ0n) is 15.9. The lowest BCUT2D eigenvalue weighted by Gasteiger charge is -2.38. The summed E-state index contributed by atoms with van der Waals surface area (Å²) >= 11 is 13.1. The van der Waals surface area contributed by atoms with Crippen LogP contribution in [0.1, 0.15) is 39.9 Å². The van der Waals surface area contributed by atoms with Crippen molar-refractivity contribution >= 4 is 34.8 Å². The summed E-state index contributed by atoms with van der Waals surface area (Å²) in [5.41, 5.74) is 3.90. The number of hydrogen-bond acceptors (Lipinski definition) is 3. The first-order valence-electron chi connectivity index (χ1n) is 10.0. The number of carbonyl (C=O) groups is 1. The maximum Gasteiger partial charge on any atom is 0.254 e. The molecule has 0 bridgehead atoms. The van der Waals surface area contributed by atoms with Crippen LogP contribution in [0.3, 0.4) is 0 Å². The van der Waals surface area contributed by atoms with Crippen molar-refractivity contribution in [2.45, 2.75) is 18.4 Å². The molecule has 0 aromatic heterocycles. The van der Waals surface area contributed by atoms with Crippen molar-refractivity contribution in [2.75, 3.05) is 31.6 Å². The number of ether oxygens (including phenoxy) is 1. The summed E-state index contributed by atoms with van der Waals surface area (Å²) in [6.07, 6.45) is 5.43. The molecule has 29 heavy (non-hydrogen) atoms. The van der Waals surface area contributed by atoms with Gasteiger partial charge in [-0.1, -0.05) is 41.4 Å². The predicted octanol–water partition coefficient (Wildman–Crippen LogP) is 5.29. The molecule has 1 aliphatic carbocycles. The topological polar surface area (TPSA) is 41.6 Å². The van der Waals surface area contributed by atoms with Crippen LogP contribution < -0.4 is 5.32 Å². The minimum absolute atomic E-state index is 0.0319. The summed E-state index contributed by atoms with van der Waals surface area (Å²) in [5, 5.41) is 5.03. The first-order valence-corrected chi connectivity index (χ1v) is 10.8. The van der Waals surface area contributed by atoms with Crippen LogP contribution in [0.2, 0.25) is 10.0 Å². The van der Waals surface area contributed by atoms with Gasteiger partial charge in [-0.25, -0.2) is 0 Å². The zero-order valence-corrected chi connectivity index (χ0v) is 17.4. The minimum atomic E-state index is 0.0319. The molecule has 150 valence electrons. The van der Waals surface area contributed by atoms with Crippen LogP contribution >= 0.6 is 23.2 Å². The van der Waals surface area contributed by atoms with E-state index in [1.165, 1.54) is 5.56 Å². The Morgan fingerprint density at radius 2 is 1.86 bits per heavy atom. The third kappa shape index (κ3) is 3.33. The summed E-state index contributed by atoms with van der Waals surface area (Å²) in [5.74, 6) is 0.626. The molecule has 1 N–H and O–H groups in total. The summed E-state index contributed by atoms with van der Waals surface area (Å²) in [6.45, 7) is 2.50. The van der Waals surface area contributed by atoms with Gasteiger partial charge < -0.3 is 15.0 Å². The van der Waals surface area contributed by atoms with Crippen LogP contribution in [0.15, 0.2) is 48.6 Å². The van der Waals surface area contributed by atoms with Gasteiger partial charge >= 0.3 is 0 Å². The minimum Gasteiger partial charge on any atom is -0.378 e. The number of allylic oxidation sites excluding steroid dienone is 2. The second-order valence-corrected chi connectivity index (χ2v) is 8.63. The lowest BCUT2D eigenvalue weighted by Crippen LogP contribution is -2.40. The Morgan fingerprint density at radius 1 is 1.10 bits per heavy atom. The molecule has 0 radical (unpaired) electrons. The zero-order chi connectivity index (χ0) is 20.0. The fourth-order valence-corrected chi connectivity index (χ4v) is 5.40. The second kappa shape index (κ2) is 7.67. The number of halogens is 2. The Bertz CT molecular complexity index is 965. The van der Waals surface area contributed by atoms with Gasteiger partial charge in [0.25, 0.3) is 5.91 Å². The van der Waals surface area contributed by atoms with Gasteiger partial charge in [0.1, 0.15) is 0 Å². The molecule has 2 aromatic carbocycles. The summed E-state index contributed by atoms with van der Waals surface area (Å²) < 4.78 is 5.37. The average Bonchev–Trinajstić information content (AvgIpc) is 3.24. The van der Waals surface area contributed by atoms with Crippen LogP contribution in [0.25, 0.3) is 0 Å². The lowest BCUT2D eigenvalue weighted by molar-refractivity contribution is 0.0303. The average molecular weight is 429 g/mol. The highest BCUT2D eigenvalue weighted by Crippen LogP contribution is 2.52. The molecule has 4 nitrogen and oxygen atoms in total. The SMILES string of the molecule is O=C(c1ccc2c(c1)C1C=CCC1C(c1c(Cl)cccc1Cl)N2)N1CCOCC1. The van der Waals surface area contributed by atoms with Crippen molar-refractivity contribution in [3.8, 4) is 0 Å². The Morgan fingerprint density at radius 3 is 2.62 bits per heavy atom. The molecular weight excluding hydrogens is 407 g/mol. The molecular formula is C23H22Cl2N2O2. The maximum absolute atomic E-state index is 12.9. The number of amides is 1. The number of benzene rings is 2. The smallest absolute Gasteiger partial charge is 0.254 e. The van der Waals surface area contributed by atoms with Gasteiger partial charge in [-0.2, -0.15) is 0 Å². The van der Waals surface area contributed by atoms with Gasteiger partial charge in [-0.3, -0.25) is 4.79 Å². The fraction of sp³-hybridized carbons (Fsp3) is 0.348. The quantitative estimate of drug-likeness (QED) is 0.660. The van der Waals surface area contributed by atoms with Crippen LogP contribution in [0.5, 0.6) is 0 Å². The van der Waals surface area contributed by atoms with Gasteiger partial charge in [-0.15, -0.1) is 0 Å². The lowest BCUT2D eigenvalue weighted by atomic mass is 9.76. The van der Waals surface area contributed by atoms with Gasteiger partial charge in [0.05, 0.1) is 19.3 Å². The van der Waals surface area contributed by atoms with E-state index in [1.54, 1.807) is 0 Å². The molecule has 3 aliphatic rings. The van der Waals surface area contributed by atoms with E-state index < -0.39 is 0 Å². The number of nitrogens with one attached hydrogen (secondary N) is 1. The highest BCUT2D eigenvalue weighted by atomic mass is 35.5. The van der Waals surface area contributed by atoms with E-state index in [-0.39, 0.29) is 17.9 Å². The number of morpholine rings is 1. The molecule has 3 atom stereocenters. The molecule has 3 unspecified atom stereocenters. The monoisotopic (exact) mass is 428 g/mol. The molecule has 1 amide bonds. The largest absolute Gasteiger partial charge is 0.378 e. The fourth-order valence-electron chi connectivity index (χ4n) is 4.77. The van der Waals surface area contributed by atoms with Gasteiger partial charge in [-0.05, 0) is 48.2 Å². The second-order valence-electron chi connectivity index (χ2n) is 7.82. The Hall–Kier alpha value is -2.01. The van der Waals surface area contributed by atoms with Crippen LogP contribution in [-0.2, 0) is 4.74 Å². The normalized spacial score (nSPS) is 25.3. The summed E-state index contributed by atoms with van der Waals surface area (Å²) in [6, 6.07) is 11.7. The first-order chi connectivity index (χ1) is 14.1. The Labute approximate surface area is 180 Å². The van der Waals surface area contributed by atoms with E-state index in [4.69, 9.17) is 27.9 Å². The first kappa shape index (κ1) is 19.0. The Balaban J connectivity index is 1.50. The Kier molecular flexibility index (Phi) is 5.02. The van der Waals surface area contributed by atoms with Crippen molar-refractivity contribution in [2.24, 2.45) is 5.92 Å². The van der Waals surface area contributed by atoms with Gasteiger partial charge in [0.15, 0.2) is 0 Å². The van der Waals surface area contributed by atoms with E-state index in [0.717, 1.165) is 23.2 Å². The number of hydrogen-bond donors (Lipinski definition) is 1. The van der Waals surface area contributed by atoms with E-state index in [2.05, 4.69) is 23.5 Å². The van der Waals surface area contributed by atoms with E-state index in [1.807, 2.05) is 35.2 Å². The molecule has 2 heterocycles. The van der Waals surface area contributed by atoms with Crippen molar-refractivity contribution in [3.05, 3.63) is 75.3 Å². The van der Waals surface area contributed by atoms with Crippen molar-refractivity contribution in [3.63, 3.8) is 0 Å². The number of carbonyl (C=O) groups excluding carboxylic acids is 1. The number of rotatable bonds is 2. The van der Waals surface area contributed by atoms with Gasteiger partial charge in [0, 0.05) is 45.9 Å². The molecule has 1 fully saturated rings. The molecule has 0 spiro atoms. The maximum atomic E-state index is 12.9. The summed E-state index contributed by atoms with van der Waals surface area (Å²) in [4.78, 5) is 14.8. The molecule has 2 aromatic rings. The predicted molar refractivity (Wildman–Crippen MR) is 116 cm³/mol. The third-order valence-corrected chi connectivity index (χ3v) is 6.88. The molecule has 2 aliphatic heterocycles. The molecule has 6 heteroatoms. The number of anilines is 1. The van der Waals surface area contributed by atoms with E-state index >= 15 is 0 Å². The summed E-state index contributed by atoms with van der Waals surface area (Å²) in [7, 11) is 0.